The second-order valence-electron chi connectivity index (χ2n) is 31.6. The number of benzene rings is 8. The van der Waals surface area contributed by atoms with Gasteiger partial charge in [-0.3, -0.25) is 9.59 Å². The minimum atomic E-state index is -3.94. The van der Waals surface area contributed by atoms with E-state index < -0.39 is 136 Å². The molecule has 4 spiro atoms. The molecule has 8 heterocycles. The number of ether oxygens (including phenoxy) is 4. The first kappa shape index (κ1) is 102. The Morgan fingerprint density at radius 2 is 0.485 bits per heavy atom. The molecule has 0 aliphatic carbocycles. The summed E-state index contributed by atoms with van der Waals surface area (Å²) >= 11 is -0.750. The van der Waals surface area contributed by atoms with E-state index in [4.69, 9.17) is 37.9 Å². The Bertz CT molecular complexity index is 6840. The zero-order valence-electron chi connectivity index (χ0n) is 71.4. The average Bonchev–Trinajstić information content (AvgIpc) is 1.55. The highest BCUT2D eigenvalue weighted by Crippen LogP contribution is 2.45. The lowest BCUT2D eigenvalue weighted by Gasteiger charge is -2.42. The molecule has 0 aromatic heterocycles. The van der Waals surface area contributed by atoms with Gasteiger partial charge in [0.15, 0.2) is 21.4 Å². The molecule has 8 aliphatic rings. The molecular weight excluding hydrogens is 1920 g/mol. The number of hydrogen-bond donors (Lipinski definition) is 0. The van der Waals surface area contributed by atoms with Crippen LogP contribution in [0.1, 0.15) is 103 Å². The Hall–Kier alpha value is -9.17. The molecule has 132 heavy (non-hydrogen) atoms. The number of halogens is 2. The zero-order valence-corrected chi connectivity index (χ0v) is 79.5. The molecule has 8 fully saturated rings. The summed E-state index contributed by atoms with van der Waals surface area (Å²) in [5.41, 5.74) is -1.95. The standard InChI is InChI=1S/C23H26N2O7S2.C21H20N4O5S2.C21H26N2O7S3.C19H20F2N2O5S2.O2S/c1-17(26)19-3-7-21(8-4-19)33(28,29)24-13-11-23(12-14-24)25(15-16-32-23)34(30,31)22-9-5-20(6-10-22)18(2)27;22-15-17-1-5-19(6-2-17)31(26,27)24-11-9-21(10-12-24)25(13-14-30-21)32(28,29)20-7-3-18(16-23)4-8-20;1-17-3-5-20(6-4-17)33(28,29)23-15-16-30-21(23)11-13-22(14-12-21)32(26,27)19-9-7-18(8-10-19)31(2,24)25;20-15-1-5-17(6-2-15)29(24,25)22-11-9-19(10-12-22)23(13-14-28-19)30(26,27)18-7-3-16(21)4-8-18;1-3-2/h3-10H,11-16H2,1-2H3;1-8H,9-14H2;3-10H,11-16H2,1-2H3;1-8H,9-14H2;. The summed E-state index contributed by atoms with van der Waals surface area (Å²) in [5, 5.41) is 17.8. The number of Topliss-reactive ketones (excluding diaryl/α,β-unsaturated/α-hetero) is 2. The van der Waals surface area contributed by atoms with Crippen molar-refractivity contribution >= 4 is 113 Å². The van der Waals surface area contributed by atoms with Crippen LogP contribution >= 0.6 is 0 Å². The van der Waals surface area contributed by atoms with Crippen LogP contribution in [0.25, 0.3) is 0 Å². The maximum absolute atomic E-state index is 13.4. The molecule has 0 bridgehead atoms. The number of hydrogen-bond acceptors (Lipinski definition) is 28. The summed E-state index contributed by atoms with van der Waals surface area (Å²) in [6, 6.07) is 47.6. The maximum atomic E-state index is 13.4. The van der Waals surface area contributed by atoms with Gasteiger partial charge >= 0.3 is 11.6 Å². The highest BCUT2D eigenvalue weighted by Gasteiger charge is 2.57. The highest BCUT2D eigenvalue weighted by atomic mass is 32.2. The van der Waals surface area contributed by atoms with Gasteiger partial charge in [-0.1, -0.05) is 42.0 Å². The molecule has 16 rings (SSSR count). The molecule has 0 unspecified atom stereocenters. The Morgan fingerprint density at radius 1 is 0.303 bits per heavy atom. The van der Waals surface area contributed by atoms with E-state index in [0.717, 1.165) is 36.1 Å². The van der Waals surface area contributed by atoms with Crippen molar-refractivity contribution < 1.29 is 121 Å². The van der Waals surface area contributed by atoms with E-state index >= 15 is 0 Å². The minimum absolute atomic E-state index is 0.0117. The molecule has 0 atom stereocenters. The predicted molar refractivity (Wildman–Crippen MR) is 470 cm³/mol. The van der Waals surface area contributed by atoms with Gasteiger partial charge in [-0.25, -0.2) is 84.5 Å². The fourth-order valence-corrected chi connectivity index (χ4v) is 29.9. The Kier molecular flexibility index (Phi) is 31.2. The lowest BCUT2D eigenvalue weighted by atomic mass is 10.0. The van der Waals surface area contributed by atoms with Crippen molar-refractivity contribution in [2.45, 2.75) is 139 Å². The van der Waals surface area contributed by atoms with Crippen LogP contribution in [0.15, 0.2) is 238 Å². The van der Waals surface area contributed by atoms with Crippen LogP contribution in [0.3, 0.4) is 0 Å². The second kappa shape index (κ2) is 40.4. The van der Waals surface area contributed by atoms with Gasteiger partial charge in [0, 0.05) is 147 Å². The van der Waals surface area contributed by atoms with Gasteiger partial charge in [-0.05, 0) is 178 Å². The minimum Gasteiger partial charge on any atom is -0.358 e. The van der Waals surface area contributed by atoms with Crippen LogP contribution in [-0.4, -0.2) is 264 Å². The molecule has 708 valence electrons. The Labute approximate surface area is 769 Å². The average molecular weight is 2020 g/mol. The first-order valence-corrected chi connectivity index (χ1v) is 54.9. The summed E-state index contributed by atoms with van der Waals surface area (Å²) in [6.45, 7) is 6.86. The third-order valence-electron chi connectivity index (χ3n) is 23.8. The van der Waals surface area contributed by atoms with Gasteiger partial charge in [-0.2, -0.15) is 53.4 Å². The molecule has 0 N–H and O–H groups in total. The number of piperidine rings is 4. The van der Waals surface area contributed by atoms with Gasteiger partial charge in [-0.15, -0.1) is 0 Å². The van der Waals surface area contributed by atoms with E-state index in [1.54, 1.807) is 24.3 Å². The van der Waals surface area contributed by atoms with Crippen molar-refractivity contribution in [3.8, 4) is 12.1 Å². The zero-order chi connectivity index (χ0) is 96.1. The Morgan fingerprint density at radius 3 is 0.689 bits per heavy atom. The number of carbonyl (C=O) groups is 2. The smallest absolute Gasteiger partial charge is 0.335 e. The second-order valence-corrected chi connectivity index (χ2v) is 48.9. The molecule has 8 aliphatic heterocycles. The SMILES string of the molecule is CC(=O)c1ccc(S(=O)(=O)N2CCC3(CC2)OCCN3S(=O)(=O)c2ccc(C(C)=O)cc2)cc1.Cc1ccc(S(=O)(=O)N2CCOC23CCN(S(=O)(=O)c2ccc(S(C)(=O)=O)cc2)CC3)cc1.N#Cc1ccc(S(=O)(=O)N2CCC3(CC2)OCCN3S(=O)(=O)c2ccc(C#N)cc2)cc1.O=S(=O)(c1ccc(F)cc1)N1CCC2(CC1)OCCN2S(=O)(=O)c1ccc(F)cc1.O=S=O. The Balaban J connectivity index is 0.000000157. The number of carbonyl (C=O) groups excluding carboxylic acids is 2. The summed E-state index contributed by atoms with van der Waals surface area (Å²) in [6.07, 6.45) is 2.48. The van der Waals surface area contributed by atoms with Gasteiger partial charge in [0.05, 0.1) is 93.8 Å². The van der Waals surface area contributed by atoms with Gasteiger partial charge in [0.25, 0.3) is 0 Å². The number of nitriles is 2. The fourth-order valence-electron chi connectivity index (χ4n) is 16.6. The summed E-state index contributed by atoms with van der Waals surface area (Å²) in [5.74, 6) is -1.39. The summed E-state index contributed by atoms with van der Waals surface area (Å²) in [4.78, 5) is 23.4. The van der Waals surface area contributed by atoms with Crippen LogP contribution < -0.4 is 0 Å². The number of rotatable bonds is 19. The van der Waals surface area contributed by atoms with E-state index in [-0.39, 0.29) is 212 Å². The van der Waals surface area contributed by atoms with E-state index in [0.29, 0.717) is 22.3 Å². The van der Waals surface area contributed by atoms with Crippen LogP contribution in [-0.2, 0) is 121 Å². The van der Waals surface area contributed by atoms with E-state index in [9.17, 15) is 94.1 Å². The van der Waals surface area contributed by atoms with Crippen molar-refractivity contribution in [1.29, 1.82) is 10.5 Å². The molecule has 48 heteroatoms. The summed E-state index contributed by atoms with van der Waals surface area (Å²) < 4.78 is 310. The normalized spacial score (nSPS) is 19.5. The highest BCUT2D eigenvalue weighted by molar-refractivity contribution is 7.92. The van der Waals surface area contributed by atoms with Gasteiger partial charge in [0.2, 0.25) is 80.2 Å². The lowest BCUT2D eigenvalue weighted by Crippen LogP contribution is -2.55. The molecule has 0 saturated carbocycles. The topological polar surface area (TPSA) is 486 Å². The van der Waals surface area contributed by atoms with Crippen molar-refractivity contribution in [2.24, 2.45) is 0 Å². The molecule has 36 nitrogen and oxygen atoms in total. The largest absolute Gasteiger partial charge is 0.358 e. The van der Waals surface area contributed by atoms with Crippen LogP contribution in [0.5, 0.6) is 0 Å². The molecule has 0 amide bonds. The monoisotopic (exact) mass is 2010 g/mol. The number of sulfonamides is 8. The van der Waals surface area contributed by atoms with Gasteiger partial charge in [0.1, 0.15) is 34.5 Å². The maximum Gasteiger partial charge on any atom is 0.335 e. The first-order chi connectivity index (χ1) is 62.1. The quantitative estimate of drug-likeness (QED) is 0.0733. The van der Waals surface area contributed by atoms with Crippen molar-refractivity contribution in [1.82, 2.24) is 34.4 Å². The fraction of sp³-hybridized carbons (Fsp3) is 0.381. The molecule has 8 saturated heterocycles. The van der Waals surface area contributed by atoms with Crippen molar-refractivity contribution in [3.63, 3.8) is 0 Å². The van der Waals surface area contributed by atoms with E-state index in [1.807, 2.05) is 19.1 Å². The van der Waals surface area contributed by atoms with Crippen molar-refractivity contribution in [3.05, 3.63) is 234 Å². The molecule has 8 aromatic carbocycles. The predicted octanol–water partition coefficient (Wildman–Crippen LogP) is 7.02. The van der Waals surface area contributed by atoms with E-state index in [1.165, 1.54) is 194 Å². The number of aryl methyl sites for hydroxylation is 1. The van der Waals surface area contributed by atoms with E-state index in [2.05, 4.69) is 0 Å². The lowest BCUT2D eigenvalue weighted by molar-refractivity contribution is -0.0810. The third kappa shape index (κ3) is 21.4. The summed E-state index contributed by atoms with van der Waals surface area (Å²) in [7, 11) is -34.3. The van der Waals surface area contributed by atoms with Crippen LogP contribution in [0, 0.1) is 41.2 Å². The third-order valence-corrected chi connectivity index (χ3v) is 40.4. The first-order valence-electron chi connectivity index (χ1n) is 40.8. The van der Waals surface area contributed by atoms with Gasteiger partial charge < -0.3 is 18.9 Å². The number of nitrogens with zero attached hydrogens (tertiary/aromatic N) is 10. The van der Waals surface area contributed by atoms with Crippen molar-refractivity contribution in [2.75, 3.05) is 111 Å². The van der Waals surface area contributed by atoms with Crippen LogP contribution in [0.2, 0.25) is 0 Å². The number of sulfone groups is 1. The number of ketones is 2. The van der Waals surface area contributed by atoms with Crippen LogP contribution in [0.4, 0.5) is 8.78 Å². The molecular formula is C84H92F2N10O26S10. The molecule has 8 aromatic rings. The molecule has 0 radical (unpaired) electrons.